The average molecular weight is 325 g/mol. The topological polar surface area (TPSA) is 84.7 Å². The Morgan fingerprint density at radius 1 is 1.32 bits per heavy atom. The van der Waals surface area contributed by atoms with E-state index in [4.69, 9.17) is 9.15 Å². The van der Waals surface area contributed by atoms with Crippen molar-refractivity contribution < 1.29 is 17.6 Å². The molecule has 1 saturated heterocycles. The van der Waals surface area contributed by atoms with Crippen LogP contribution in [0.15, 0.2) is 27.5 Å². The van der Waals surface area contributed by atoms with Gasteiger partial charge in [0.25, 0.3) is 0 Å². The number of benzene rings is 1. The molecule has 0 amide bonds. The number of morpholine rings is 1. The number of hydrogen-bond acceptors (Lipinski definition) is 6. The molecule has 1 fully saturated rings. The maximum atomic E-state index is 12.3. The molecule has 1 aliphatic rings. The molecule has 0 bridgehead atoms. The number of rotatable bonds is 5. The maximum absolute atomic E-state index is 12.3. The summed E-state index contributed by atoms with van der Waals surface area (Å²) in [5.74, 6) is 0.518. The normalized spacial score (nSPS) is 17.1. The molecule has 1 aromatic heterocycles. The van der Waals surface area contributed by atoms with E-state index < -0.39 is 10.0 Å². The largest absolute Gasteiger partial charge is 0.441 e. The molecule has 1 N–H and O–H groups in total. The predicted octanol–water partition coefficient (Wildman–Crippen LogP) is 0.747. The highest BCUT2D eigenvalue weighted by Gasteiger charge is 2.17. The fourth-order valence-corrected chi connectivity index (χ4v) is 3.47. The van der Waals surface area contributed by atoms with Gasteiger partial charge in [-0.3, -0.25) is 4.90 Å². The number of ether oxygens (including phenoxy) is 1. The van der Waals surface area contributed by atoms with Gasteiger partial charge >= 0.3 is 0 Å². The van der Waals surface area contributed by atoms with Crippen molar-refractivity contribution in [3.8, 4) is 0 Å². The van der Waals surface area contributed by atoms with Crippen molar-refractivity contribution in [3.05, 3.63) is 24.1 Å². The number of fused-ring (bicyclic) bond motifs is 1. The van der Waals surface area contributed by atoms with Gasteiger partial charge in [-0.05, 0) is 12.1 Å². The lowest BCUT2D eigenvalue weighted by atomic mass is 10.3. The Hall–Kier alpha value is -1.48. The van der Waals surface area contributed by atoms with Crippen LogP contribution in [0.3, 0.4) is 0 Å². The zero-order valence-corrected chi connectivity index (χ0v) is 13.2. The third kappa shape index (κ3) is 3.46. The number of nitrogens with zero attached hydrogens (tertiary/aromatic N) is 2. The van der Waals surface area contributed by atoms with Crippen molar-refractivity contribution in [2.75, 3.05) is 39.4 Å². The van der Waals surface area contributed by atoms with E-state index in [1.165, 1.54) is 6.07 Å². The number of sulfonamides is 1. The van der Waals surface area contributed by atoms with Crippen molar-refractivity contribution in [1.29, 1.82) is 0 Å². The summed E-state index contributed by atoms with van der Waals surface area (Å²) < 4.78 is 37.9. The summed E-state index contributed by atoms with van der Waals surface area (Å²) in [6.45, 7) is 5.86. The van der Waals surface area contributed by atoms with Crippen LogP contribution >= 0.6 is 0 Å². The molecule has 1 aliphatic heterocycles. The minimum Gasteiger partial charge on any atom is -0.441 e. The first-order valence-electron chi connectivity index (χ1n) is 7.21. The van der Waals surface area contributed by atoms with E-state index in [9.17, 15) is 8.42 Å². The number of oxazole rings is 1. The number of aryl methyl sites for hydroxylation is 1. The van der Waals surface area contributed by atoms with Crippen molar-refractivity contribution in [2.24, 2.45) is 0 Å². The van der Waals surface area contributed by atoms with Crippen LogP contribution in [0.5, 0.6) is 0 Å². The first-order valence-corrected chi connectivity index (χ1v) is 8.70. The lowest BCUT2D eigenvalue weighted by Gasteiger charge is -2.26. The molecule has 2 heterocycles. The van der Waals surface area contributed by atoms with Crippen molar-refractivity contribution in [2.45, 2.75) is 11.8 Å². The molecular formula is C14H19N3O4S. The summed E-state index contributed by atoms with van der Waals surface area (Å²) >= 11 is 0. The molecule has 0 radical (unpaired) electrons. The Kier molecular flexibility index (Phi) is 4.44. The second kappa shape index (κ2) is 6.33. The summed E-state index contributed by atoms with van der Waals surface area (Å²) in [6, 6.07) is 4.70. The number of hydrogen-bond donors (Lipinski definition) is 1. The summed E-state index contributed by atoms with van der Waals surface area (Å²) in [5, 5.41) is 0. The molecular weight excluding hydrogens is 306 g/mol. The van der Waals surface area contributed by atoms with Gasteiger partial charge in [0.2, 0.25) is 10.0 Å². The average Bonchev–Trinajstić information content (AvgIpc) is 2.87. The highest BCUT2D eigenvalue weighted by atomic mass is 32.2. The lowest BCUT2D eigenvalue weighted by Crippen LogP contribution is -2.41. The number of nitrogens with one attached hydrogen (secondary N) is 1. The monoisotopic (exact) mass is 325 g/mol. The van der Waals surface area contributed by atoms with E-state index in [2.05, 4.69) is 14.6 Å². The first-order chi connectivity index (χ1) is 10.5. The molecule has 2 aromatic rings. The van der Waals surface area contributed by atoms with E-state index >= 15 is 0 Å². The number of aromatic nitrogens is 1. The van der Waals surface area contributed by atoms with Crippen LogP contribution in [-0.2, 0) is 14.8 Å². The standard InChI is InChI=1S/C14H19N3O4S/c1-11-16-13-3-2-12(10-14(13)21-11)22(18,19)15-4-5-17-6-8-20-9-7-17/h2-3,10,15H,4-9H2,1H3. The summed E-state index contributed by atoms with van der Waals surface area (Å²) in [4.78, 5) is 6.53. The Labute approximate surface area is 129 Å². The van der Waals surface area contributed by atoms with Gasteiger partial charge in [-0.15, -0.1) is 0 Å². The summed E-state index contributed by atoms with van der Waals surface area (Å²) in [5.41, 5.74) is 1.14. The molecule has 1 aromatic carbocycles. The molecule has 0 spiro atoms. The van der Waals surface area contributed by atoms with Gasteiger partial charge in [-0.2, -0.15) is 0 Å². The van der Waals surface area contributed by atoms with Gasteiger partial charge in [0.15, 0.2) is 11.5 Å². The van der Waals surface area contributed by atoms with E-state index in [1.54, 1.807) is 19.1 Å². The van der Waals surface area contributed by atoms with Crippen LogP contribution in [0.25, 0.3) is 11.1 Å². The van der Waals surface area contributed by atoms with Crippen LogP contribution in [0.1, 0.15) is 5.89 Å². The summed E-state index contributed by atoms with van der Waals surface area (Å²) in [6.07, 6.45) is 0. The second-order valence-corrected chi connectivity index (χ2v) is 6.98. The third-order valence-electron chi connectivity index (χ3n) is 3.60. The second-order valence-electron chi connectivity index (χ2n) is 5.21. The molecule has 8 heteroatoms. The predicted molar refractivity (Wildman–Crippen MR) is 81.2 cm³/mol. The van der Waals surface area contributed by atoms with Crippen molar-refractivity contribution >= 4 is 21.1 Å². The Balaban J connectivity index is 1.65. The molecule has 7 nitrogen and oxygen atoms in total. The quantitative estimate of drug-likeness (QED) is 0.873. The minimum absolute atomic E-state index is 0.193. The van der Waals surface area contributed by atoms with Crippen LogP contribution in [0, 0.1) is 6.92 Å². The summed E-state index contributed by atoms with van der Waals surface area (Å²) in [7, 11) is -3.54. The van der Waals surface area contributed by atoms with Crippen molar-refractivity contribution in [1.82, 2.24) is 14.6 Å². The first kappa shape index (κ1) is 15.4. The molecule has 0 atom stereocenters. The van der Waals surface area contributed by atoms with Gasteiger partial charge in [-0.1, -0.05) is 0 Å². The molecule has 3 rings (SSSR count). The van der Waals surface area contributed by atoms with Gasteiger partial charge in [0.1, 0.15) is 5.52 Å². The van der Waals surface area contributed by atoms with Crippen LogP contribution in [0.4, 0.5) is 0 Å². The fourth-order valence-electron chi connectivity index (χ4n) is 2.43. The molecule has 0 saturated carbocycles. The van der Waals surface area contributed by atoms with Gasteiger partial charge < -0.3 is 9.15 Å². The van der Waals surface area contributed by atoms with Crippen molar-refractivity contribution in [3.63, 3.8) is 0 Å². The van der Waals surface area contributed by atoms with Gasteiger partial charge in [0.05, 0.1) is 18.1 Å². The van der Waals surface area contributed by atoms with Gasteiger partial charge in [0, 0.05) is 39.2 Å². The zero-order chi connectivity index (χ0) is 15.6. The van der Waals surface area contributed by atoms with E-state index in [-0.39, 0.29) is 4.90 Å². The Morgan fingerprint density at radius 2 is 2.09 bits per heavy atom. The molecule has 0 aliphatic carbocycles. The van der Waals surface area contributed by atoms with Crippen LogP contribution < -0.4 is 4.72 Å². The lowest BCUT2D eigenvalue weighted by molar-refractivity contribution is 0.0390. The third-order valence-corrected chi connectivity index (χ3v) is 5.06. The molecule has 0 unspecified atom stereocenters. The smallest absolute Gasteiger partial charge is 0.240 e. The van der Waals surface area contributed by atoms with Crippen LogP contribution in [0.2, 0.25) is 0 Å². The highest BCUT2D eigenvalue weighted by Crippen LogP contribution is 2.19. The van der Waals surface area contributed by atoms with E-state index in [0.29, 0.717) is 43.3 Å². The highest BCUT2D eigenvalue weighted by molar-refractivity contribution is 7.89. The van der Waals surface area contributed by atoms with E-state index in [1.807, 2.05) is 0 Å². The SMILES string of the molecule is Cc1nc2ccc(S(=O)(=O)NCCN3CCOCC3)cc2o1. The van der Waals surface area contributed by atoms with E-state index in [0.717, 1.165) is 13.1 Å². The minimum atomic E-state index is -3.54. The molecule has 120 valence electrons. The Morgan fingerprint density at radius 3 is 2.86 bits per heavy atom. The van der Waals surface area contributed by atoms with Crippen LogP contribution in [-0.4, -0.2) is 57.7 Å². The molecule has 22 heavy (non-hydrogen) atoms. The van der Waals surface area contributed by atoms with Gasteiger partial charge in [-0.25, -0.2) is 18.1 Å². The maximum Gasteiger partial charge on any atom is 0.240 e. The zero-order valence-electron chi connectivity index (χ0n) is 12.4. The Bertz CT molecular complexity index is 751. The fraction of sp³-hybridized carbons (Fsp3) is 0.500.